The molecule has 0 radical (unpaired) electrons. The molecule has 1 saturated heterocycles. The monoisotopic (exact) mass is 331 g/mol. The number of nitrogens with one attached hydrogen (secondary N) is 1. The summed E-state index contributed by atoms with van der Waals surface area (Å²) in [4.78, 5) is 14.4. The minimum atomic E-state index is -0.133. The largest absolute Gasteiger partial charge is 0.493 e. The van der Waals surface area contributed by atoms with E-state index in [1.165, 1.54) is 0 Å². The maximum Gasteiger partial charge on any atom is 0.326 e. The van der Waals surface area contributed by atoms with Gasteiger partial charge in [0.25, 0.3) is 0 Å². The molecule has 1 aliphatic rings. The quantitative estimate of drug-likeness (QED) is 0.629. The second-order valence-electron chi connectivity index (χ2n) is 5.43. The van der Waals surface area contributed by atoms with Crippen LogP contribution < -0.4 is 10.1 Å². The second-order valence-corrected chi connectivity index (χ2v) is 5.72. The molecule has 120 valence electrons. The van der Waals surface area contributed by atoms with Crippen LogP contribution in [0.25, 0.3) is 10.9 Å². The summed E-state index contributed by atoms with van der Waals surface area (Å²) in [6.45, 7) is 2.07. The Morgan fingerprint density at radius 1 is 1.52 bits per heavy atom. The van der Waals surface area contributed by atoms with Crippen LogP contribution in [0.2, 0.25) is 0 Å². The number of rotatable bonds is 5. The van der Waals surface area contributed by atoms with Crippen molar-refractivity contribution in [2.75, 3.05) is 20.1 Å². The Labute approximate surface area is 136 Å². The first kappa shape index (κ1) is 15.6. The highest BCUT2D eigenvalue weighted by atomic mass is 31.0. The minimum Gasteiger partial charge on any atom is -0.493 e. The molecule has 1 atom stereocenters. The lowest BCUT2D eigenvalue weighted by atomic mass is 10.3. The Hall–Kier alpha value is -2.24. The summed E-state index contributed by atoms with van der Waals surface area (Å²) in [5, 5.41) is 13.8. The number of nitrogens with zero attached hydrogens (tertiary/aromatic N) is 4. The SMILES string of the molecule is CN1CC[C@H](N/C=C(\C=P)Oc2nc(O)c3ccncc3n2)C1. The molecule has 1 fully saturated rings. The summed E-state index contributed by atoms with van der Waals surface area (Å²) in [5.74, 6) is 2.00. The Morgan fingerprint density at radius 2 is 2.39 bits per heavy atom. The minimum absolute atomic E-state index is 0.0640. The van der Waals surface area contributed by atoms with Crippen molar-refractivity contribution >= 4 is 25.6 Å². The van der Waals surface area contributed by atoms with Gasteiger partial charge in [-0.3, -0.25) is 4.98 Å². The van der Waals surface area contributed by atoms with E-state index >= 15 is 0 Å². The molecule has 0 bridgehead atoms. The molecule has 3 heterocycles. The van der Waals surface area contributed by atoms with E-state index in [0.29, 0.717) is 22.7 Å². The van der Waals surface area contributed by atoms with E-state index in [1.807, 2.05) is 0 Å². The molecule has 2 aromatic heterocycles. The highest BCUT2D eigenvalue weighted by Crippen LogP contribution is 2.23. The number of likely N-dealkylation sites (N-methyl/N-ethyl adjacent to an activating group) is 1. The van der Waals surface area contributed by atoms with Crippen LogP contribution in [0.1, 0.15) is 6.42 Å². The van der Waals surface area contributed by atoms with Crippen LogP contribution in [0, 0.1) is 0 Å². The van der Waals surface area contributed by atoms with Crippen molar-refractivity contribution < 1.29 is 9.84 Å². The standard InChI is InChI=1S/C15H18N5O2P/c1-20-5-3-10(8-20)17-6-11(9-23)22-15-18-13-7-16-4-2-12(13)14(21)19-15/h2,4,6-7,9-10,17,23H,3,5,8H2,1H3,(H,18,19,21)/b11-6+/t10-/m0/s1. The van der Waals surface area contributed by atoms with Gasteiger partial charge in [-0.15, -0.1) is 8.86 Å². The number of allylic oxidation sites excluding steroid dienone is 1. The molecule has 8 heteroatoms. The van der Waals surface area contributed by atoms with Crippen molar-refractivity contribution in [1.82, 2.24) is 25.2 Å². The van der Waals surface area contributed by atoms with E-state index in [1.54, 1.807) is 30.5 Å². The summed E-state index contributed by atoms with van der Waals surface area (Å²) < 4.78 is 5.61. The van der Waals surface area contributed by atoms with Crippen molar-refractivity contribution in [3.05, 3.63) is 30.4 Å². The molecule has 0 saturated carbocycles. The van der Waals surface area contributed by atoms with E-state index < -0.39 is 0 Å². The number of ether oxygens (including phenoxy) is 1. The molecule has 0 aliphatic carbocycles. The lowest BCUT2D eigenvalue weighted by Gasteiger charge is -2.12. The number of pyridine rings is 1. The van der Waals surface area contributed by atoms with E-state index in [-0.39, 0.29) is 11.9 Å². The van der Waals surface area contributed by atoms with Gasteiger partial charge in [-0.1, -0.05) is 0 Å². The van der Waals surface area contributed by atoms with E-state index in [4.69, 9.17) is 4.74 Å². The summed E-state index contributed by atoms with van der Waals surface area (Å²) in [7, 11) is 5.41. The van der Waals surface area contributed by atoms with Crippen molar-refractivity contribution in [1.29, 1.82) is 0 Å². The molecule has 0 aromatic carbocycles. The average Bonchev–Trinajstić information content (AvgIpc) is 2.97. The van der Waals surface area contributed by atoms with Crippen LogP contribution in [-0.4, -0.2) is 56.9 Å². The van der Waals surface area contributed by atoms with Gasteiger partial charge in [-0.25, -0.2) is 0 Å². The maximum absolute atomic E-state index is 9.95. The van der Waals surface area contributed by atoms with Crippen molar-refractivity contribution in [3.8, 4) is 11.9 Å². The van der Waals surface area contributed by atoms with Gasteiger partial charge in [0.05, 0.1) is 17.1 Å². The van der Waals surface area contributed by atoms with Crippen molar-refractivity contribution in [3.63, 3.8) is 0 Å². The van der Waals surface area contributed by atoms with Gasteiger partial charge in [-0.05, 0) is 26.1 Å². The Bertz CT molecular complexity index is 752. The zero-order chi connectivity index (χ0) is 16.2. The fraction of sp³-hybridized carbons (Fsp3) is 0.333. The molecular weight excluding hydrogens is 313 g/mol. The number of hydrogen-bond acceptors (Lipinski definition) is 7. The lowest BCUT2D eigenvalue weighted by Crippen LogP contribution is -2.28. The summed E-state index contributed by atoms with van der Waals surface area (Å²) in [5.41, 5.74) is 0.522. The molecule has 7 nitrogen and oxygen atoms in total. The van der Waals surface area contributed by atoms with Gasteiger partial charge in [-0.2, -0.15) is 9.97 Å². The molecule has 2 N–H and O–H groups in total. The number of aromatic hydroxyl groups is 1. The molecule has 23 heavy (non-hydrogen) atoms. The van der Waals surface area contributed by atoms with Gasteiger partial charge < -0.3 is 20.1 Å². The predicted molar refractivity (Wildman–Crippen MR) is 91.1 cm³/mol. The maximum atomic E-state index is 9.95. The van der Waals surface area contributed by atoms with Crippen molar-refractivity contribution in [2.24, 2.45) is 0 Å². The Morgan fingerprint density at radius 3 is 3.13 bits per heavy atom. The molecule has 0 amide bonds. The summed E-state index contributed by atoms with van der Waals surface area (Å²) in [6.07, 6.45) is 5.98. The Balaban J connectivity index is 1.75. The third-order valence-electron chi connectivity index (χ3n) is 3.66. The van der Waals surface area contributed by atoms with Crippen LogP contribution in [0.15, 0.2) is 30.4 Å². The first-order chi connectivity index (χ1) is 11.2. The number of fused-ring (bicyclic) bond motifs is 1. The topological polar surface area (TPSA) is 83.4 Å². The van der Waals surface area contributed by atoms with Crippen molar-refractivity contribution in [2.45, 2.75) is 12.5 Å². The molecule has 2 aromatic rings. The highest BCUT2D eigenvalue weighted by molar-refractivity contribution is 7.19. The third kappa shape index (κ3) is 3.75. The van der Waals surface area contributed by atoms with Crippen LogP contribution >= 0.6 is 8.86 Å². The normalized spacial score (nSPS) is 19.0. The second kappa shape index (κ2) is 6.89. The number of aromatic nitrogens is 3. The molecule has 1 aliphatic heterocycles. The molecular formula is C15H18N5O2P. The van der Waals surface area contributed by atoms with E-state index in [9.17, 15) is 5.11 Å². The van der Waals surface area contributed by atoms with Gasteiger partial charge in [0.2, 0.25) is 5.88 Å². The molecule has 0 unspecified atom stereocenters. The average molecular weight is 331 g/mol. The summed E-state index contributed by atoms with van der Waals surface area (Å²) >= 11 is 0. The fourth-order valence-electron chi connectivity index (χ4n) is 2.47. The first-order valence-corrected chi connectivity index (χ1v) is 7.87. The smallest absolute Gasteiger partial charge is 0.326 e. The van der Waals surface area contributed by atoms with E-state index in [0.717, 1.165) is 19.5 Å². The Kier molecular flexibility index (Phi) is 4.69. The zero-order valence-electron chi connectivity index (χ0n) is 12.7. The number of hydrogen-bond donors (Lipinski definition) is 2. The van der Waals surface area contributed by atoms with Gasteiger partial charge in [0, 0.05) is 30.8 Å². The first-order valence-electron chi connectivity index (χ1n) is 7.29. The van der Waals surface area contributed by atoms with Gasteiger partial charge in [0.1, 0.15) is 0 Å². The number of likely N-dealkylation sites (tertiary alicyclic amines) is 1. The van der Waals surface area contributed by atoms with E-state index in [2.05, 4.69) is 41.1 Å². The van der Waals surface area contributed by atoms with Crippen LogP contribution in [-0.2, 0) is 0 Å². The third-order valence-corrected chi connectivity index (χ3v) is 3.95. The predicted octanol–water partition coefficient (Wildman–Crippen LogP) is 1.19. The van der Waals surface area contributed by atoms with Gasteiger partial charge >= 0.3 is 6.01 Å². The van der Waals surface area contributed by atoms with Crippen LogP contribution in [0.5, 0.6) is 11.9 Å². The van der Waals surface area contributed by atoms with Crippen LogP contribution in [0.3, 0.4) is 0 Å². The zero-order valence-corrected chi connectivity index (χ0v) is 13.7. The highest BCUT2D eigenvalue weighted by Gasteiger charge is 2.18. The fourth-order valence-corrected chi connectivity index (χ4v) is 2.61. The van der Waals surface area contributed by atoms with Crippen LogP contribution in [0.4, 0.5) is 0 Å². The molecule has 0 spiro atoms. The summed E-state index contributed by atoms with van der Waals surface area (Å²) in [6, 6.07) is 2.11. The lowest BCUT2D eigenvalue weighted by molar-refractivity contribution is 0.390. The molecule has 3 rings (SSSR count). The van der Waals surface area contributed by atoms with Gasteiger partial charge in [0.15, 0.2) is 5.76 Å².